The number of anilines is 1. The summed E-state index contributed by atoms with van der Waals surface area (Å²) in [6, 6.07) is 19.8. The van der Waals surface area contributed by atoms with Gasteiger partial charge in [-0.25, -0.2) is 14.2 Å². The third kappa shape index (κ3) is 4.07. The van der Waals surface area contributed by atoms with Gasteiger partial charge in [0, 0.05) is 16.8 Å². The van der Waals surface area contributed by atoms with Crippen molar-refractivity contribution >= 4 is 11.6 Å². The van der Waals surface area contributed by atoms with Crippen LogP contribution in [0.1, 0.15) is 10.4 Å². The molecule has 0 bridgehead atoms. The summed E-state index contributed by atoms with van der Waals surface area (Å²) in [4.78, 5) is 31.0. The molecule has 2 aromatic heterocycles. The van der Waals surface area contributed by atoms with Gasteiger partial charge >= 0.3 is 5.76 Å². The lowest BCUT2D eigenvalue weighted by molar-refractivity contribution is 0.102. The number of carbonyl (C=O) groups excluding carboxylic acids is 1. The number of amides is 1. The quantitative estimate of drug-likeness (QED) is 0.406. The summed E-state index contributed by atoms with van der Waals surface area (Å²) in [5, 5.41) is 6.46. The topological polar surface area (TPSA) is 114 Å². The fourth-order valence-electron chi connectivity index (χ4n) is 3.35. The number of nitrogens with one attached hydrogen (secondary N) is 2. The number of hydrogen-bond donors (Lipinski definition) is 2. The molecule has 0 spiro atoms. The van der Waals surface area contributed by atoms with Crippen molar-refractivity contribution in [1.82, 2.24) is 15.1 Å². The monoisotopic (exact) mass is 442 g/mol. The van der Waals surface area contributed by atoms with E-state index in [2.05, 4.69) is 25.0 Å². The molecule has 0 unspecified atom stereocenters. The highest BCUT2D eigenvalue weighted by Gasteiger charge is 2.18. The van der Waals surface area contributed by atoms with E-state index in [4.69, 9.17) is 4.42 Å². The van der Waals surface area contributed by atoms with Crippen LogP contribution in [0.25, 0.3) is 34.2 Å². The SMILES string of the molecule is O=C(Nc1cccc(-c2noc(=O)[nH]2)c1)c1ccccc1-c1ncc(-c2ccccc2F)o1. The van der Waals surface area contributed by atoms with Crippen molar-refractivity contribution in [2.75, 3.05) is 5.32 Å². The number of hydrogen-bond acceptors (Lipinski definition) is 6. The summed E-state index contributed by atoms with van der Waals surface area (Å²) < 4.78 is 24.4. The maximum absolute atomic E-state index is 14.1. The van der Waals surface area contributed by atoms with Gasteiger partial charge < -0.3 is 9.73 Å². The molecular weight excluding hydrogens is 427 g/mol. The van der Waals surface area contributed by atoms with Crippen molar-refractivity contribution < 1.29 is 18.1 Å². The molecule has 0 radical (unpaired) electrons. The fourth-order valence-corrected chi connectivity index (χ4v) is 3.35. The van der Waals surface area contributed by atoms with Gasteiger partial charge in [0.2, 0.25) is 5.89 Å². The second-order valence-electron chi connectivity index (χ2n) is 7.03. The molecule has 33 heavy (non-hydrogen) atoms. The Morgan fingerprint density at radius 3 is 2.55 bits per heavy atom. The summed E-state index contributed by atoms with van der Waals surface area (Å²) in [6.45, 7) is 0. The highest BCUT2D eigenvalue weighted by Crippen LogP contribution is 2.30. The van der Waals surface area contributed by atoms with Crippen LogP contribution in [0.4, 0.5) is 10.1 Å². The van der Waals surface area contributed by atoms with E-state index in [1.165, 1.54) is 12.3 Å². The Labute approximate surface area is 185 Å². The number of carbonyl (C=O) groups is 1. The molecule has 0 aliphatic heterocycles. The molecule has 3 aromatic carbocycles. The lowest BCUT2D eigenvalue weighted by Crippen LogP contribution is -2.13. The number of benzene rings is 3. The summed E-state index contributed by atoms with van der Waals surface area (Å²) in [5.41, 5.74) is 2.10. The molecule has 0 fully saturated rings. The van der Waals surface area contributed by atoms with Gasteiger partial charge in [0.25, 0.3) is 5.91 Å². The Kier molecular flexibility index (Phi) is 5.12. The predicted molar refractivity (Wildman–Crippen MR) is 118 cm³/mol. The normalized spacial score (nSPS) is 10.8. The van der Waals surface area contributed by atoms with E-state index in [1.807, 2.05) is 0 Å². The van der Waals surface area contributed by atoms with Crippen LogP contribution in [0.3, 0.4) is 0 Å². The van der Waals surface area contributed by atoms with Crippen molar-refractivity contribution in [2.24, 2.45) is 0 Å². The van der Waals surface area contributed by atoms with Gasteiger partial charge in [0.15, 0.2) is 11.6 Å². The van der Waals surface area contributed by atoms with E-state index in [9.17, 15) is 14.0 Å². The fraction of sp³-hybridized carbons (Fsp3) is 0. The molecule has 1 amide bonds. The lowest BCUT2D eigenvalue weighted by Gasteiger charge is -2.09. The van der Waals surface area contributed by atoms with Crippen LogP contribution in [0.15, 0.2) is 92.7 Å². The van der Waals surface area contributed by atoms with Gasteiger partial charge in [-0.05, 0) is 36.4 Å². The van der Waals surface area contributed by atoms with Crippen LogP contribution in [-0.4, -0.2) is 21.0 Å². The largest absolute Gasteiger partial charge is 0.439 e. The first-order valence-corrected chi connectivity index (χ1v) is 9.86. The number of aromatic amines is 1. The Morgan fingerprint density at radius 1 is 0.970 bits per heavy atom. The first kappa shape index (κ1) is 20.1. The number of oxazole rings is 1. The number of aromatic nitrogens is 3. The Bertz CT molecular complexity index is 1520. The molecule has 0 aliphatic rings. The number of nitrogens with zero attached hydrogens (tertiary/aromatic N) is 2. The van der Waals surface area contributed by atoms with Crippen LogP contribution in [0.5, 0.6) is 0 Å². The average molecular weight is 442 g/mol. The molecular formula is C24H15FN4O4. The van der Waals surface area contributed by atoms with Crippen molar-refractivity contribution in [1.29, 1.82) is 0 Å². The number of H-pyrrole nitrogens is 1. The Hall–Kier alpha value is -4.79. The second-order valence-corrected chi connectivity index (χ2v) is 7.03. The highest BCUT2D eigenvalue weighted by molar-refractivity contribution is 6.08. The zero-order valence-corrected chi connectivity index (χ0v) is 16.9. The molecule has 162 valence electrons. The average Bonchev–Trinajstić information content (AvgIpc) is 3.49. The molecule has 5 rings (SSSR count). The zero-order valence-electron chi connectivity index (χ0n) is 16.9. The van der Waals surface area contributed by atoms with Crippen LogP contribution >= 0.6 is 0 Å². The van der Waals surface area contributed by atoms with E-state index in [1.54, 1.807) is 66.7 Å². The molecule has 2 heterocycles. The summed E-state index contributed by atoms with van der Waals surface area (Å²) in [6.07, 6.45) is 1.42. The molecule has 2 N–H and O–H groups in total. The van der Waals surface area contributed by atoms with Gasteiger partial charge in [-0.2, -0.15) is 0 Å². The van der Waals surface area contributed by atoms with Crippen LogP contribution < -0.4 is 11.1 Å². The molecule has 0 atom stereocenters. The van der Waals surface area contributed by atoms with E-state index >= 15 is 0 Å². The molecule has 0 aliphatic carbocycles. The van der Waals surface area contributed by atoms with Crippen molar-refractivity contribution in [3.8, 4) is 34.2 Å². The van der Waals surface area contributed by atoms with E-state index in [0.29, 0.717) is 22.4 Å². The third-order valence-electron chi connectivity index (χ3n) is 4.88. The Balaban J connectivity index is 1.44. The number of halogens is 1. The summed E-state index contributed by atoms with van der Waals surface area (Å²) >= 11 is 0. The minimum Gasteiger partial charge on any atom is -0.436 e. The van der Waals surface area contributed by atoms with E-state index in [0.717, 1.165) is 0 Å². The van der Waals surface area contributed by atoms with Crippen LogP contribution in [0, 0.1) is 5.82 Å². The predicted octanol–water partition coefficient (Wildman–Crippen LogP) is 4.74. The van der Waals surface area contributed by atoms with Gasteiger partial charge in [-0.3, -0.25) is 14.3 Å². The first-order chi connectivity index (χ1) is 16.1. The molecule has 0 saturated carbocycles. The maximum Gasteiger partial charge on any atom is 0.439 e. The van der Waals surface area contributed by atoms with Crippen LogP contribution in [-0.2, 0) is 0 Å². The smallest absolute Gasteiger partial charge is 0.436 e. The van der Waals surface area contributed by atoms with E-state index in [-0.39, 0.29) is 23.0 Å². The minimum absolute atomic E-state index is 0.188. The van der Waals surface area contributed by atoms with Gasteiger partial charge in [0.05, 0.1) is 17.3 Å². The van der Waals surface area contributed by atoms with Crippen molar-refractivity contribution in [3.05, 3.63) is 101 Å². The molecule has 8 nitrogen and oxygen atoms in total. The lowest BCUT2D eigenvalue weighted by atomic mass is 10.1. The third-order valence-corrected chi connectivity index (χ3v) is 4.88. The summed E-state index contributed by atoms with van der Waals surface area (Å²) in [5.74, 6) is -0.812. The highest BCUT2D eigenvalue weighted by atomic mass is 19.1. The maximum atomic E-state index is 14.1. The number of rotatable bonds is 5. The molecule has 9 heteroatoms. The zero-order chi connectivity index (χ0) is 22.8. The molecule has 5 aromatic rings. The summed E-state index contributed by atoms with van der Waals surface area (Å²) in [7, 11) is 0. The van der Waals surface area contributed by atoms with Crippen molar-refractivity contribution in [3.63, 3.8) is 0 Å². The van der Waals surface area contributed by atoms with E-state index < -0.39 is 17.5 Å². The van der Waals surface area contributed by atoms with Gasteiger partial charge in [-0.15, -0.1) is 0 Å². The van der Waals surface area contributed by atoms with Crippen LogP contribution in [0.2, 0.25) is 0 Å². The van der Waals surface area contributed by atoms with Gasteiger partial charge in [0.1, 0.15) is 5.82 Å². The standard InChI is InChI=1S/C24H15FN4O4/c25-19-11-4-3-10-18(19)20-13-26-23(32-20)17-9-2-1-8-16(17)22(30)27-15-7-5-6-14(12-15)21-28-24(31)33-29-21/h1-13H,(H,27,30)(H,28,29,31). The van der Waals surface area contributed by atoms with Crippen molar-refractivity contribution in [2.45, 2.75) is 0 Å². The molecule has 0 saturated heterocycles. The first-order valence-electron chi connectivity index (χ1n) is 9.86. The van der Waals surface area contributed by atoms with Gasteiger partial charge in [-0.1, -0.05) is 41.6 Å². The Morgan fingerprint density at radius 2 is 1.76 bits per heavy atom. The second kappa shape index (κ2) is 8.39. The minimum atomic E-state index is -0.672.